The lowest BCUT2D eigenvalue weighted by Crippen LogP contribution is -2.36. The molecule has 0 amide bonds. The van der Waals surface area contributed by atoms with Gasteiger partial charge in [-0.1, -0.05) is 6.07 Å². The molecule has 1 aliphatic carbocycles. The normalized spacial score (nSPS) is 16.0. The number of methoxy groups -OCH3 is 1. The molecule has 0 bridgehead atoms. The first-order valence-electron chi connectivity index (χ1n) is 6.81. The van der Waals surface area contributed by atoms with Gasteiger partial charge in [-0.3, -0.25) is 15.0 Å². The topological polar surface area (TPSA) is 67.6 Å². The average Bonchev–Trinajstić information content (AvgIpc) is 3.27. The van der Waals surface area contributed by atoms with Crippen LogP contribution in [0.15, 0.2) is 18.2 Å². The number of ether oxygens (including phenoxy) is 1. The Hall–Kier alpha value is -1.82. The number of para-hydroxylation sites is 1. The fourth-order valence-electron chi connectivity index (χ4n) is 2.26. The van der Waals surface area contributed by atoms with Crippen LogP contribution in [0.3, 0.4) is 0 Å². The van der Waals surface area contributed by atoms with Gasteiger partial charge < -0.3 is 10.1 Å². The maximum absolute atomic E-state index is 11.2. The first kappa shape index (κ1) is 14.6. The molecule has 1 aromatic carbocycles. The Bertz CT molecular complexity index is 489. The van der Waals surface area contributed by atoms with Gasteiger partial charge in [0.15, 0.2) is 5.75 Å². The summed E-state index contributed by atoms with van der Waals surface area (Å²) in [6.07, 6.45) is 2.50. The van der Waals surface area contributed by atoms with E-state index in [4.69, 9.17) is 4.74 Å². The Kier molecular flexibility index (Phi) is 4.44. The fourth-order valence-corrected chi connectivity index (χ4v) is 2.26. The molecule has 0 aromatic heterocycles. The highest BCUT2D eigenvalue weighted by atomic mass is 16.6. The summed E-state index contributed by atoms with van der Waals surface area (Å²) < 4.78 is 5.06. The Balaban J connectivity index is 2.06. The van der Waals surface area contributed by atoms with Gasteiger partial charge in [-0.25, -0.2) is 0 Å². The molecule has 1 aromatic rings. The number of nitrogens with one attached hydrogen (secondary N) is 1. The van der Waals surface area contributed by atoms with Crippen molar-refractivity contribution in [1.82, 2.24) is 4.90 Å². The van der Waals surface area contributed by atoms with Crippen LogP contribution in [-0.4, -0.2) is 42.6 Å². The van der Waals surface area contributed by atoms with E-state index in [-0.39, 0.29) is 11.4 Å². The number of nitrogens with zero attached hydrogens (tertiary/aromatic N) is 2. The third-order valence-electron chi connectivity index (χ3n) is 3.81. The second-order valence-corrected chi connectivity index (χ2v) is 5.24. The smallest absolute Gasteiger partial charge is 0.333 e. The van der Waals surface area contributed by atoms with Crippen LogP contribution in [0.2, 0.25) is 0 Å². The van der Waals surface area contributed by atoms with Gasteiger partial charge in [0.1, 0.15) is 5.69 Å². The third-order valence-corrected chi connectivity index (χ3v) is 3.81. The lowest BCUT2D eigenvalue weighted by Gasteiger charge is -2.25. The number of hydrogen-bond donors (Lipinski definition) is 1. The summed E-state index contributed by atoms with van der Waals surface area (Å²) in [4.78, 5) is 13.1. The van der Waals surface area contributed by atoms with Crippen LogP contribution in [0.4, 0.5) is 11.4 Å². The molecular formula is C14H21N3O3. The monoisotopic (exact) mass is 279 g/mol. The maximum atomic E-state index is 11.2. The summed E-state index contributed by atoms with van der Waals surface area (Å²) in [5, 5.41) is 14.3. The minimum Gasteiger partial charge on any atom is -0.490 e. The number of anilines is 1. The predicted octanol–water partition coefficient (Wildman–Crippen LogP) is 2.50. The van der Waals surface area contributed by atoms with Crippen molar-refractivity contribution in [2.45, 2.75) is 31.8 Å². The number of nitro groups is 1. The molecule has 6 nitrogen and oxygen atoms in total. The number of hydrogen-bond acceptors (Lipinski definition) is 5. The molecule has 20 heavy (non-hydrogen) atoms. The lowest BCUT2D eigenvalue weighted by molar-refractivity contribution is -0.384. The van der Waals surface area contributed by atoms with Crippen LogP contribution in [0.5, 0.6) is 5.75 Å². The predicted molar refractivity (Wildman–Crippen MR) is 78.4 cm³/mol. The molecule has 1 fully saturated rings. The number of rotatable bonds is 7. The molecule has 6 heteroatoms. The van der Waals surface area contributed by atoms with Crippen LogP contribution < -0.4 is 10.1 Å². The Morgan fingerprint density at radius 1 is 1.55 bits per heavy atom. The van der Waals surface area contributed by atoms with Crippen molar-refractivity contribution in [2.24, 2.45) is 0 Å². The second kappa shape index (κ2) is 6.09. The van der Waals surface area contributed by atoms with Crippen LogP contribution >= 0.6 is 0 Å². The third kappa shape index (κ3) is 3.19. The van der Waals surface area contributed by atoms with E-state index in [1.54, 1.807) is 18.2 Å². The summed E-state index contributed by atoms with van der Waals surface area (Å²) in [5.41, 5.74) is 0.502. The van der Waals surface area contributed by atoms with Crippen molar-refractivity contribution in [1.29, 1.82) is 0 Å². The van der Waals surface area contributed by atoms with E-state index in [0.717, 1.165) is 0 Å². The summed E-state index contributed by atoms with van der Waals surface area (Å²) in [6.45, 7) is 2.79. The van der Waals surface area contributed by atoms with Gasteiger partial charge in [-0.2, -0.15) is 0 Å². The van der Waals surface area contributed by atoms with Gasteiger partial charge in [0.05, 0.1) is 12.0 Å². The van der Waals surface area contributed by atoms with Crippen LogP contribution in [-0.2, 0) is 0 Å². The number of nitro benzene ring substituents is 1. The lowest BCUT2D eigenvalue weighted by atomic mass is 10.2. The van der Waals surface area contributed by atoms with E-state index in [0.29, 0.717) is 24.3 Å². The van der Waals surface area contributed by atoms with Crippen molar-refractivity contribution in [3.63, 3.8) is 0 Å². The van der Waals surface area contributed by atoms with E-state index in [1.807, 2.05) is 0 Å². The van der Waals surface area contributed by atoms with Crippen LogP contribution in [0.1, 0.15) is 19.8 Å². The van der Waals surface area contributed by atoms with Gasteiger partial charge in [0.25, 0.3) is 0 Å². The molecule has 0 saturated heterocycles. The van der Waals surface area contributed by atoms with Crippen molar-refractivity contribution in [3.8, 4) is 5.75 Å². The van der Waals surface area contributed by atoms with Gasteiger partial charge in [0.2, 0.25) is 0 Å². The van der Waals surface area contributed by atoms with E-state index in [1.165, 1.54) is 20.0 Å². The van der Waals surface area contributed by atoms with Gasteiger partial charge in [-0.15, -0.1) is 0 Å². The summed E-state index contributed by atoms with van der Waals surface area (Å²) in [5.74, 6) is 0.281. The van der Waals surface area contributed by atoms with Gasteiger partial charge in [-0.05, 0) is 38.9 Å². The zero-order valence-corrected chi connectivity index (χ0v) is 12.1. The Morgan fingerprint density at radius 2 is 2.25 bits per heavy atom. The molecule has 1 aliphatic rings. The summed E-state index contributed by atoms with van der Waals surface area (Å²) in [7, 11) is 3.54. The standard InChI is InChI=1S/C14H21N3O3/c1-10(16(2)11-7-8-11)9-15-12-5-4-6-13(20-3)14(12)17(18)19/h4-6,10-11,15H,7-9H2,1-3H3. The summed E-state index contributed by atoms with van der Waals surface area (Å²) in [6, 6.07) is 6.07. The highest BCUT2D eigenvalue weighted by Crippen LogP contribution is 2.34. The van der Waals surface area contributed by atoms with Crippen LogP contribution in [0, 0.1) is 10.1 Å². The number of likely N-dealkylation sites (N-methyl/N-ethyl adjacent to an activating group) is 1. The summed E-state index contributed by atoms with van der Waals surface area (Å²) >= 11 is 0. The SMILES string of the molecule is COc1cccc(NCC(C)N(C)C2CC2)c1[N+](=O)[O-]. The molecule has 1 N–H and O–H groups in total. The second-order valence-electron chi connectivity index (χ2n) is 5.24. The fraction of sp³-hybridized carbons (Fsp3) is 0.571. The molecule has 0 aliphatic heterocycles. The zero-order valence-electron chi connectivity index (χ0n) is 12.1. The van der Waals surface area contributed by atoms with Crippen molar-refractivity contribution in [3.05, 3.63) is 28.3 Å². The highest BCUT2D eigenvalue weighted by Gasteiger charge is 2.29. The van der Waals surface area contributed by atoms with Crippen LogP contribution in [0.25, 0.3) is 0 Å². The molecule has 110 valence electrons. The molecule has 1 unspecified atom stereocenters. The highest BCUT2D eigenvalue weighted by molar-refractivity contribution is 5.68. The molecule has 1 saturated carbocycles. The average molecular weight is 279 g/mol. The van der Waals surface area contributed by atoms with E-state index in [9.17, 15) is 10.1 Å². The molecule has 0 heterocycles. The Morgan fingerprint density at radius 3 is 2.80 bits per heavy atom. The maximum Gasteiger partial charge on any atom is 0.333 e. The minimum absolute atomic E-state index is 0.00345. The molecule has 0 radical (unpaired) electrons. The zero-order chi connectivity index (χ0) is 14.7. The number of benzene rings is 1. The molecule has 0 spiro atoms. The Labute approximate surface area is 118 Å². The van der Waals surface area contributed by atoms with Crippen molar-refractivity contribution in [2.75, 3.05) is 26.0 Å². The van der Waals surface area contributed by atoms with E-state index in [2.05, 4.69) is 24.2 Å². The van der Waals surface area contributed by atoms with Crippen molar-refractivity contribution < 1.29 is 9.66 Å². The largest absolute Gasteiger partial charge is 0.490 e. The van der Waals surface area contributed by atoms with Gasteiger partial charge >= 0.3 is 5.69 Å². The van der Waals surface area contributed by atoms with Gasteiger partial charge in [0, 0.05) is 18.6 Å². The molecule has 2 rings (SSSR count). The first-order valence-corrected chi connectivity index (χ1v) is 6.81. The van der Waals surface area contributed by atoms with E-state index >= 15 is 0 Å². The first-order chi connectivity index (χ1) is 9.54. The minimum atomic E-state index is -0.406. The van der Waals surface area contributed by atoms with E-state index < -0.39 is 4.92 Å². The molecular weight excluding hydrogens is 258 g/mol. The molecule has 1 atom stereocenters. The van der Waals surface area contributed by atoms with Crippen molar-refractivity contribution >= 4 is 11.4 Å². The quantitative estimate of drug-likeness (QED) is 0.613.